The number of amides is 1. The first-order valence-corrected chi connectivity index (χ1v) is 5.87. The number of likely N-dealkylation sites (tertiary alicyclic amines) is 1. The van der Waals surface area contributed by atoms with Crippen LogP contribution < -0.4 is 5.32 Å². The average molecular weight is 208 g/mol. The SMILES string of the molecule is CC(C)=CC(=O)N1CCCC2NCCC21. The second-order valence-electron chi connectivity index (χ2n) is 4.81. The Bertz CT molecular complexity index is 281. The first kappa shape index (κ1) is 10.7. The summed E-state index contributed by atoms with van der Waals surface area (Å²) in [7, 11) is 0. The van der Waals surface area contributed by atoms with E-state index in [2.05, 4.69) is 10.2 Å². The molecule has 0 aromatic rings. The Labute approximate surface area is 91.5 Å². The van der Waals surface area contributed by atoms with Gasteiger partial charge < -0.3 is 10.2 Å². The summed E-state index contributed by atoms with van der Waals surface area (Å²) >= 11 is 0. The van der Waals surface area contributed by atoms with Crippen LogP contribution in [0.3, 0.4) is 0 Å². The Morgan fingerprint density at radius 2 is 2.20 bits per heavy atom. The maximum Gasteiger partial charge on any atom is 0.246 e. The van der Waals surface area contributed by atoms with Gasteiger partial charge in [-0.1, -0.05) is 5.57 Å². The predicted octanol–water partition coefficient (Wildman–Crippen LogP) is 1.31. The molecule has 15 heavy (non-hydrogen) atoms. The van der Waals surface area contributed by atoms with Crippen LogP contribution in [0.25, 0.3) is 0 Å². The second-order valence-corrected chi connectivity index (χ2v) is 4.81. The standard InChI is InChI=1S/C12H20N2O/c1-9(2)8-12(15)14-7-3-4-10-11(14)5-6-13-10/h8,10-11,13H,3-7H2,1-2H3. The van der Waals surface area contributed by atoms with Gasteiger partial charge in [0.15, 0.2) is 0 Å². The van der Waals surface area contributed by atoms with Gasteiger partial charge in [0.1, 0.15) is 0 Å². The van der Waals surface area contributed by atoms with Crippen molar-refractivity contribution < 1.29 is 4.79 Å². The molecule has 1 amide bonds. The molecular formula is C12H20N2O. The molecule has 0 radical (unpaired) electrons. The molecular weight excluding hydrogens is 188 g/mol. The van der Waals surface area contributed by atoms with Crippen molar-refractivity contribution in [1.29, 1.82) is 0 Å². The number of hydrogen-bond donors (Lipinski definition) is 1. The van der Waals surface area contributed by atoms with E-state index in [9.17, 15) is 4.79 Å². The Morgan fingerprint density at radius 1 is 1.40 bits per heavy atom. The number of hydrogen-bond acceptors (Lipinski definition) is 2. The van der Waals surface area contributed by atoms with Crippen LogP contribution in [0.4, 0.5) is 0 Å². The molecule has 2 fully saturated rings. The number of allylic oxidation sites excluding steroid dienone is 1. The minimum atomic E-state index is 0.202. The van der Waals surface area contributed by atoms with Crippen LogP contribution in [0.1, 0.15) is 33.1 Å². The van der Waals surface area contributed by atoms with Crippen LogP contribution in [-0.4, -0.2) is 36.0 Å². The summed E-state index contributed by atoms with van der Waals surface area (Å²) in [5, 5.41) is 3.48. The van der Waals surface area contributed by atoms with Crippen molar-refractivity contribution >= 4 is 5.91 Å². The summed E-state index contributed by atoms with van der Waals surface area (Å²) in [5.74, 6) is 0.202. The van der Waals surface area contributed by atoms with Gasteiger partial charge in [-0.25, -0.2) is 0 Å². The van der Waals surface area contributed by atoms with Crippen LogP contribution >= 0.6 is 0 Å². The lowest BCUT2D eigenvalue weighted by Gasteiger charge is -2.36. The third-order valence-electron chi connectivity index (χ3n) is 3.32. The van der Waals surface area contributed by atoms with Gasteiger partial charge in [0.25, 0.3) is 0 Å². The Morgan fingerprint density at radius 3 is 2.93 bits per heavy atom. The van der Waals surface area contributed by atoms with Crippen LogP contribution in [-0.2, 0) is 4.79 Å². The van der Waals surface area contributed by atoms with Gasteiger partial charge in [0, 0.05) is 24.7 Å². The molecule has 2 atom stereocenters. The number of fused-ring (bicyclic) bond motifs is 1. The number of nitrogens with one attached hydrogen (secondary N) is 1. The second kappa shape index (κ2) is 4.35. The third kappa shape index (κ3) is 2.23. The molecule has 2 aliphatic rings. The maximum atomic E-state index is 12.0. The molecule has 0 aromatic heterocycles. The molecule has 3 nitrogen and oxygen atoms in total. The normalized spacial score (nSPS) is 29.9. The number of rotatable bonds is 1. The fraction of sp³-hybridized carbons (Fsp3) is 0.750. The smallest absolute Gasteiger partial charge is 0.246 e. The van der Waals surface area contributed by atoms with Gasteiger partial charge in [-0.2, -0.15) is 0 Å². The Balaban J connectivity index is 2.07. The van der Waals surface area contributed by atoms with Crippen molar-refractivity contribution in [2.45, 2.75) is 45.2 Å². The molecule has 0 spiro atoms. The van der Waals surface area contributed by atoms with Crippen molar-refractivity contribution in [2.24, 2.45) is 0 Å². The third-order valence-corrected chi connectivity index (χ3v) is 3.32. The Hall–Kier alpha value is -0.830. The lowest BCUT2D eigenvalue weighted by Crippen LogP contribution is -2.50. The van der Waals surface area contributed by atoms with Crippen molar-refractivity contribution in [2.75, 3.05) is 13.1 Å². The fourth-order valence-electron chi connectivity index (χ4n) is 2.67. The molecule has 2 aliphatic heterocycles. The van der Waals surface area contributed by atoms with Crippen LogP contribution in [0.5, 0.6) is 0 Å². The summed E-state index contributed by atoms with van der Waals surface area (Å²) in [6, 6.07) is 0.995. The lowest BCUT2D eigenvalue weighted by atomic mass is 9.97. The zero-order chi connectivity index (χ0) is 10.8. The minimum Gasteiger partial charge on any atom is -0.335 e. The monoisotopic (exact) mass is 208 g/mol. The van der Waals surface area contributed by atoms with E-state index in [1.807, 2.05) is 13.8 Å². The number of nitrogens with zero attached hydrogens (tertiary/aromatic N) is 1. The highest BCUT2D eigenvalue weighted by molar-refractivity contribution is 5.88. The van der Waals surface area contributed by atoms with Crippen LogP contribution in [0.2, 0.25) is 0 Å². The minimum absolute atomic E-state index is 0.202. The van der Waals surface area contributed by atoms with E-state index in [0.717, 1.165) is 31.5 Å². The highest BCUT2D eigenvalue weighted by Crippen LogP contribution is 2.24. The van der Waals surface area contributed by atoms with Crippen LogP contribution in [0, 0.1) is 0 Å². The zero-order valence-electron chi connectivity index (χ0n) is 9.62. The molecule has 2 unspecified atom stereocenters. The van der Waals surface area contributed by atoms with E-state index < -0.39 is 0 Å². The van der Waals surface area contributed by atoms with Crippen molar-refractivity contribution in [1.82, 2.24) is 10.2 Å². The summed E-state index contributed by atoms with van der Waals surface area (Å²) < 4.78 is 0. The lowest BCUT2D eigenvalue weighted by molar-refractivity contribution is -0.129. The first-order valence-electron chi connectivity index (χ1n) is 5.87. The predicted molar refractivity (Wildman–Crippen MR) is 60.6 cm³/mol. The van der Waals surface area contributed by atoms with Gasteiger partial charge in [-0.15, -0.1) is 0 Å². The van der Waals surface area contributed by atoms with Gasteiger partial charge in [-0.3, -0.25) is 4.79 Å². The maximum absolute atomic E-state index is 12.0. The van der Waals surface area contributed by atoms with E-state index in [-0.39, 0.29) is 5.91 Å². The van der Waals surface area contributed by atoms with Gasteiger partial charge >= 0.3 is 0 Å². The summed E-state index contributed by atoms with van der Waals surface area (Å²) in [5.41, 5.74) is 1.09. The molecule has 84 valence electrons. The fourth-order valence-corrected chi connectivity index (χ4v) is 2.67. The molecule has 0 aliphatic carbocycles. The van der Waals surface area contributed by atoms with E-state index in [0.29, 0.717) is 12.1 Å². The number of carbonyl (C=O) groups excluding carboxylic acids is 1. The molecule has 2 saturated heterocycles. The average Bonchev–Trinajstić information content (AvgIpc) is 2.63. The molecule has 1 N–H and O–H groups in total. The summed E-state index contributed by atoms with van der Waals surface area (Å²) in [4.78, 5) is 14.0. The largest absolute Gasteiger partial charge is 0.335 e. The van der Waals surface area contributed by atoms with Crippen molar-refractivity contribution in [3.63, 3.8) is 0 Å². The Kier molecular flexibility index (Phi) is 3.10. The number of piperidine rings is 1. The zero-order valence-corrected chi connectivity index (χ0v) is 9.62. The van der Waals surface area contributed by atoms with Crippen molar-refractivity contribution in [3.8, 4) is 0 Å². The molecule has 2 heterocycles. The summed E-state index contributed by atoms with van der Waals surface area (Å²) in [6.07, 6.45) is 5.24. The highest BCUT2D eigenvalue weighted by atomic mass is 16.2. The van der Waals surface area contributed by atoms with E-state index in [4.69, 9.17) is 0 Å². The van der Waals surface area contributed by atoms with Gasteiger partial charge in [0.05, 0.1) is 0 Å². The van der Waals surface area contributed by atoms with E-state index in [1.165, 1.54) is 6.42 Å². The number of carbonyl (C=O) groups is 1. The van der Waals surface area contributed by atoms with Crippen LogP contribution in [0.15, 0.2) is 11.6 Å². The highest BCUT2D eigenvalue weighted by Gasteiger charge is 2.36. The van der Waals surface area contributed by atoms with E-state index >= 15 is 0 Å². The molecule has 2 rings (SSSR count). The molecule has 0 aromatic carbocycles. The van der Waals surface area contributed by atoms with E-state index in [1.54, 1.807) is 6.08 Å². The molecule has 0 bridgehead atoms. The first-order chi connectivity index (χ1) is 7.18. The van der Waals surface area contributed by atoms with Crippen molar-refractivity contribution in [3.05, 3.63) is 11.6 Å². The topological polar surface area (TPSA) is 32.3 Å². The van der Waals surface area contributed by atoms with Gasteiger partial charge in [-0.05, 0) is 39.7 Å². The van der Waals surface area contributed by atoms with Gasteiger partial charge in [0.2, 0.25) is 5.91 Å². The molecule has 3 heteroatoms. The quantitative estimate of drug-likeness (QED) is 0.659. The molecule has 0 saturated carbocycles. The summed E-state index contributed by atoms with van der Waals surface area (Å²) in [6.45, 7) is 5.96.